The number of hydrogen-bond acceptors (Lipinski definition) is 3. The van der Waals surface area contributed by atoms with Gasteiger partial charge in [-0.05, 0) is 37.1 Å². The lowest BCUT2D eigenvalue weighted by Crippen LogP contribution is -2.38. The van der Waals surface area contributed by atoms with E-state index in [9.17, 15) is 21.6 Å². The van der Waals surface area contributed by atoms with E-state index >= 15 is 0 Å². The molecule has 0 spiro atoms. The normalized spacial score (nSPS) is 17.4. The lowest BCUT2D eigenvalue weighted by Gasteiger charge is -2.32. The quantitative estimate of drug-likeness (QED) is 0.765. The van der Waals surface area contributed by atoms with Crippen molar-refractivity contribution in [1.29, 1.82) is 0 Å². The number of rotatable bonds is 3. The second kappa shape index (κ2) is 7.17. The Morgan fingerprint density at radius 2 is 1.73 bits per heavy atom. The van der Waals surface area contributed by atoms with E-state index in [1.807, 2.05) is 0 Å². The molecule has 0 atom stereocenters. The zero-order valence-corrected chi connectivity index (χ0v) is 15.2. The zero-order valence-electron chi connectivity index (χ0n) is 13.6. The van der Waals surface area contributed by atoms with Crippen molar-refractivity contribution in [2.75, 3.05) is 13.1 Å². The van der Waals surface area contributed by atoms with Crippen molar-refractivity contribution in [3.05, 3.63) is 58.9 Å². The number of benzene rings is 1. The summed E-state index contributed by atoms with van der Waals surface area (Å²) in [6.07, 6.45) is -2.62. The van der Waals surface area contributed by atoms with Crippen molar-refractivity contribution < 1.29 is 21.6 Å². The molecule has 0 amide bonds. The summed E-state index contributed by atoms with van der Waals surface area (Å²) in [5.41, 5.74) is -0.776. The fourth-order valence-corrected chi connectivity index (χ4v) is 5.11. The monoisotopic (exact) mass is 404 g/mol. The smallest absolute Gasteiger partial charge is 0.260 e. The van der Waals surface area contributed by atoms with Crippen LogP contribution < -0.4 is 0 Å². The van der Waals surface area contributed by atoms with Crippen molar-refractivity contribution in [1.82, 2.24) is 9.29 Å². The molecule has 0 saturated carbocycles. The molecule has 0 radical (unpaired) electrons. The van der Waals surface area contributed by atoms with Crippen LogP contribution in [-0.4, -0.2) is 30.8 Å². The molecule has 1 aromatic heterocycles. The standard InChI is InChI=1S/C17H16ClF3N2O2S/c18-14-5-1-2-6-15(14)26(24,25)23-10-7-12(8-11-23)16-13(17(19,20)21)4-3-9-22-16/h1-6,9,12H,7-8,10-11H2. The van der Waals surface area contributed by atoms with Crippen molar-refractivity contribution in [3.63, 3.8) is 0 Å². The van der Waals surface area contributed by atoms with Gasteiger partial charge in [-0.25, -0.2) is 8.42 Å². The second-order valence-electron chi connectivity index (χ2n) is 6.04. The molecule has 0 bridgehead atoms. The molecule has 140 valence electrons. The predicted molar refractivity (Wildman–Crippen MR) is 91.4 cm³/mol. The second-order valence-corrected chi connectivity index (χ2v) is 8.36. The maximum Gasteiger partial charge on any atom is 0.418 e. The minimum absolute atomic E-state index is 0.00827. The zero-order chi connectivity index (χ0) is 18.9. The van der Waals surface area contributed by atoms with E-state index in [0.717, 1.165) is 6.07 Å². The fraction of sp³-hybridized carbons (Fsp3) is 0.353. The minimum Gasteiger partial charge on any atom is -0.260 e. The molecule has 1 fully saturated rings. The van der Waals surface area contributed by atoms with E-state index < -0.39 is 27.7 Å². The molecule has 2 aromatic rings. The first kappa shape index (κ1) is 19.1. The van der Waals surface area contributed by atoms with E-state index in [4.69, 9.17) is 11.6 Å². The average molecular weight is 405 g/mol. The number of pyridine rings is 1. The average Bonchev–Trinajstić information content (AvgIpc) is 2.61. The van der Waals surface area contributed by atoms with E-state index in [2.05, 4.69) is 4.98 Å². The van der Waals surface area contributed by atoms with Crippen molar-refractivity contribution in [2.24, 2.45) is 0 Å². The van der Waals surface area contributed by atoms with Gasteiger partial charge in [-0.1, -0.05) is 23.7 Å². The Morgan fingerprint density at radius 3 is 2.35 bits per heavy atom. The van der Waals surface area contributed by atoms with Crippen molar-refractivity contribution in [3.8, 4) is 0 Å². The molecular formula is C17H16ClF3N2O2S. The topological polar surface area (TPSA) is 50.3 Å². The number of halogens is 4. The van der Waals surface area contributed by atoms with Crippen LogP contribution in [0.1, 0.15) is 30.0 Å². The first-order valence-electron chi connectivity index (χ1n) is 7.98. The molecule has 4 nitrogen and oxygen atoms in total. The van der Waals surface area contributed by atoms with Crippen LogP contribution in [0, 0.1) is 0 Å². The highest BCUT2D eigenvalue weighted by atomic mass is 35.5. The summed E-state index contributed by atoms with van der Waals surface area (Å²) in [5.74, 6) is -0.439. The maximum absolute atomic E-state index is 13.2. The molecule has 1 aromatic carbocycles. The van der Waals surface area contributed by atoms with Gasteiger partial charge in [0.2, 0.25) is 10.0 Å². The summed E-state index contributed by atoms with van der Waals surface area (Å²) < 4.78 is 66.2. The van der Waals surface area contributed by atoms with Gasteiger partial charge in [-0.15, -0.1) is 0 Å². The SMILES string of the molecule is O=S(=O)(c1ccccc1Cl)N1CCC(c2ncccc2C(F)(F)F)CC1. The van der Waals surface area contributed by atoms with Gasteiger partial charge in [0.15, 0.2) is 0 Å². The molecule has 3 rings (SSSR count). The van der Waals surface area contributed by atoms with Gasteiger partial charge in [0.1, 0.15) is 4.90 Å². The van der Waals surface area contributed by atoms with Crippen LogP contribution in [0.15, 0.2) is 47.5 Å². The third-order valence-electron chi connectivity index (χ3n) is 4.44. The molecule has 1 aliphatic heterocycles. The van der Waals surface area contributed by atoms with Crippen LogP contribution in [0.4, 0.5) is 13.2 Å². The Bertz CT molecular complexity index is 895. The van der Waals surface area contributed by atoms with Crippen molar-refractivity contribution >= 4 is 21.6 Å². The number of nitrogens with zero attached hydrogens (tertiary/aromatic N) is 2. The Kier molecular flexibility index (Phi) is 5.28. The lowest BCUT2D eigenvalue weighted by atomic mass is 9.91. The fourth-order valence-electron chi connectivity index (χ4n) is 3.15. The number of hydrogen-bond donors (Lipinski definition) is 0. The molecule has 2 heterocycles. The predicted octanol–water partition coefficient (Wildman–Crippen LogP) is 4.32. The van der Waals surface area contributed by atoms with Gasteiger partial charge >= 0.3 is 6.18 Å². The van der Waals surface area contributed by atoms with Gasteiger partial charge in [0.25, 0.3) is 0 Å². The highest BCUT2D eigenvalue weighted by Crippen LogP contribution is 2.38. The lowest BCUT2D eigenvalue weighted by molar-refractivity contribution is -0.138. The minimum atomic E-state index is -4.48. The Morgan fingerprint density at radius 1 is 1.08 bits per heavy atom. The van der Waals surface area contributed by atoms with Crippen LogP contribution in [-0.2, 0) is 16.2 Å². The van der Waals surface area contributed by atoms with E-state index in [0.29, 0.717) is 0 Å². The van der Waals surface area contributed by atoms with E-state index in [1.54, 1.807) is 12.1 Å². The van der Waals surface area contributed by atoms with E-state index in [1.165, 1.54) is 28.7 Å². The van der Waals surface area contributed by atoms with Crippen LogP contribution >= 0.6 is 11.6 Å². The third kappa shape index (κ3) is 3.72. The Hall–Kier alpha value is -1.64. The van der Waals surface area contributed by atoms with Crippen LogP contribution in [0.3, 0.4) is 0 Å². The van der Waals surface area contributed by atoms with Crippen LogP contribution in [0.25, 0.3) is 0 Å². The summed E-state index contributed by atoms with van der Waals surface area (Å²) in [4.78, 5) is 3.93. The highest BCUT2D eigenvalue weighted by molar-refractivity contribution is 7.89. The van der Waals surface area contributed by atoms with Crippen LogP contribution in [0.2, 0.25) is 5.02 Å². The van der Waals surface area contributed by atoms with Crippen molar-refractivity contribution in [2.45, 2.75) is 29.8 Å². The molecule has 1 aliphatic rings. The number of aromatic nitrogens is 1. The van der Waals surface area contributed by atoms with Gasteiger partial charge in [0.05, 0.1) is 16.3 Å². The summed E-state index contributed by atoms with van der Waals surface area (Å²) >= 11 is 5.98. The molecule has 0 unspecified atom stereocenters. The summed E-state index contributed by atoms with van der Waals surface area (Å²) in [6.45, 7) is 0.234. The van der Waals surface area contributed by atoms with Gasteiger partial charge in [-0.3, -0.25) is 4.98 Å². The number of alkyl halides is 3. The number of piperidine rings is 1. The maximum atomic E-state index is 13.2. The molecular weight excluding hydrogens is 389 g/mol. The van der Waals surface area contributed by atoms with Gasteiger partial charge in [0, 0.05) is 25.2 Å². The van der Waals surface area contributed by atoms with Gasteiger partial charge in [-0.2, -0.15) is 17.5 Å². The summed E-state index contributed by atoms with van der Waals surface area (Å²) in [6, 6.07) is 8.38. The first-order valence-corrected chi connectivity index (χ1v) is 9.80. The molecule has 1 saturated heterocycles. The van der Waals surface area contributed by atoms with E-state index in [-0.39, 0.29) is 41.5 Å². The Balaban J connectivity index is 1.80. The highest BCUT2D eigenvalue weighted by Gasteiger charge is 2.38. The largest absolute Gasteiger partial charge is 0.418 e. The molecule has 9 heteroatoms. The Labute approximate surface area is 154 Å². The third-order valence-corrected chi connectivity index (χ3v) is 6.84. The molecule has 26 heavy (non-hydrogen) atoms. The molecule has 0 aliphatic carbocycles. The first-order chi connectivity index (χ1) is 12.2. The summed E-state index contributed by atoms with van der Waals surface area (Å²) in [7, 11) is -3.78. The van der Waals surface area contributed by atoms with Crippen LogP contribution in [0.5, 0.6) is 0 Å². The number of sulfonamides is 1. The summed E-state index contributed by atoms with van der Waals surface area (Å²) in [5, 5.41) is 0.124. The molecule has 0 N–H and O–H groups in total. The van der Waals surface area contributed by atoms with Gasteiger partial charge < -0.3 is 0 Å².